The average molecular weight is 470 g/mol. The molecule has 6 nitrogen and oxygen atoms in total. The fourth-order valence-corrected chi connectivity index (χ4v) is 5.44. The third kappa shape index (κ3) is 6.04. The predicted molar refractivity (Wildman–Crippen MR) is 127 cm³/mol. The summed E-state index contributed by atoms with van der Waals surface area (Å²) in [5.74, 6) is -0.235. The number of thiophene rings is 1. The van der Waals surface area contributed by atoms with Gasteiger partial charge in [0, 0.05) is 30.1 Å². The summed E-state index contributed by atoms with van der Waals surface area (Å²) < 4.78 is 27.5. The van der Waals surface area contributed by atoms with Gasteiger partial charge in [-0.3, -0.25) is 9.69 Å². The Hall–Kier alpha value is -2.52. The van der Waals surface area contributed by atoms with Crippen molar-refractivity contribution in [2.24, 2.45) is 0 Å². The van der Waals surface area contributed by atoms with E-state index in [2.05, 4.69) is 27.1 Å². The molecule has 168 valence electrons. The molecule has 2 heterocycles. The maximum Gasteiger partial charge on any atom is 0.251 e. The second kappa shape index (κ2) is 10.4. The third-order valence-electron chi connectivity index (χ3n) is 5.52. The molecule has 0 aliphatic carbocycles. The van der Waals surface area contributed by atoms with Gasteiger partial charge in [-0.2, -0.15) is 0 Å². The van der Waals surface area contributed by atoms with Gasteiger partial charge in [0.1, 0.15) is 0 Å². The first-order chi connectivity index (χ1) is 15.5. The number of carbonyl (C=O) groups excluding carboxylic acids is 1. The SMILES string of the molecule is O=C(NCc1ccc(CN2CCCC2)cc1)c1ccc(S(=O)(=O)NCc2cccs2)cc1. The van der Waals surface area contributed by atoms with Gasteiger partial charge in [0.05, 0.1) is 4.90 Å². The molecular formula is C24H27N3O3S2. The molecule has 32 heavy (non-hydrogen) atoms. The number of rotatable bonds is 9. The molecule has 0 saturated carbocycles. The lowest BCUT2D eigenvalue weighted by Gasteiger charge is -2.14. The minimum Gasteiger partial charge on any atom is -0.348 e. The van der Waals surface area contributed by atoms with Crippen LogP contribution in [0.25, 0.3) is 0 Å². The topological polar surface area (TPSA) is 78.5 Å². The minimum absolute atomic E-state index is 0.138. The zero-order chi connectivity index (χ0) is 22.4. The molecule has 0 unspecified atom stereocenters. The van der Waals surface area contributed by atoms with Gasteiger partial charge < -0.3 is 5.32 Å². The van der Waals surface area contributed by atoms with Crippen molar-refractivity contribution in [1.29, 1.82) is 0 Å². The predicted octanol–water partition coefficient (Wildman–Crippen LogP) is 3.75. The Bertz CT molecular complexity index is 1120. The monoisotopic (exact) mass is 469 g/mol. The summed E-state index contributed by atoms with van der Waals surface area (Å²) >= 11 is 1.49. The quantitative estimate of drug-likeness (QED) is 0.500. The number of hydrogen-bond donors (Lipinski definition) is 2. The minimum atomic E-state index is -3.63. The van der Waals surface area contributed by atoms with E-state index in [4.69, 9.17) is 0 Å². The Morgan fingerprint density at radius 2 is 1.59 bits per heavy atom. The highest BCUT2D eigenvalue weighted by molar-refractivity contribution is 7.89. The lowest BCUT2D eigenvalue weighted by atomic mass is 10.1. The van der Waals surface area contributed by atoms with E-state index < -0.39 is 10.0 Å². The van der Waals surface area contributed by atoms with Crippen molar-refractivity contribution in [2.75, 3.05) is 13.1 Å². The van der Waals surface area contributed by atoms with E-state index in [0.29, 0.717) is 12.1 Å². The first-order valence-electron chi connectivity index (χ1n) is 10.7. The average Bonchev–Trinajstić information content (AvgIpc) is 3.52. The number of amides is 1. The normalized spacial score (nSPS) is 14.5. The smallest absolute Gasteiger partial charge is 0.251 e. The molecule has 2 aromatic carbocycles. The van der Waals surface area contributed by atoms with Crippen molar-refractivity contribution in [3.05, 3.63) is 87.6 Å². The first-order valence-corrected chi connectivity index (χ1v) is 13.1. The Balaban J connectivity index is 1.28. The van der Waals surface area contributed by atoms with Crippen molar-refractivity contribution >= 4 is 27.3 Å². The summed E-state index contributed by atoms with van der Waals surface area (Å²) in [5, 5.41) is 4.80. The highest BCUT2D eigenvalue weighted by atomic mass is 32.2. The van der Waals surface area contributed by atoms with Crippen LogP contribution >= 0.6 is 11.3 Å². The van der Waals surface area contributed by atoms with Crippen molar-refractivity contribution < 1.29 is 13.2 Å². The first kappa shape index (κ1) is 22.7. The second-order valence-corrected chi connectivity index (χ2v) is 10.7. The number of hydrogen-bond acceptors (Lipinski definition) is 5. The molecule has 1 aliphatic rings. The number of carbonyl (C=O) groups is 1. The van der Waals surface area contributed by atoms with Crippen LogP contribution < -0.4 is 10.0 Å². The van der Waals surface area contributed by atoms with Gasteiger partial charge in [-0.05, 0) is 72.8 Å². The fourth-order valence-electron chi connectivity index (χ4n) is 3.69. The Kier molecular flexibility index (Phi) is 7.36. The number of nitrogens with one attached hydrogen (secondary N) is 2. The van der Waals surface area contributed by atoms with E-state index in [1.807, 2.05) is 29.6 Å². The molecule has 1 aromatic heterocycles. The molecule has 3 aromatic rings. The van der Waals surface area contributed by atoms with Crippen LogP contribution in [0.3, 0.4) is 0 Å². The van der Waals surface area contributed by atoms with Gasteiger partial charge in [-0.25, -0.2) is 13.1 Å². The van der Waals surface area contributed by atoms with Crippen LogP contribution in [0.15, 0.2) is 70.9 Å². The van der Waals surface area contributed by atoms with Crippen LogP contribution in [0.2, 0.25) is 0 Å². The van der Waals surface area contributed by atoms with Gasteiger partial charge >= 0.3 is 0 Å². The lowest BCUT2D eigenvalue weighted by molar-refractivity contribution is 0.0951. The van der Waals surface area contributed by atoms with Crippen LogP contribution in [0.5, 0.6) is 0 Å². The second-order valence-electron chi connectivity index (χ2n) is 7.91. The van der Waals surface area contributed by atoms with Crippen LogP contribution in [-0.4, -0.2) is 32.3 Å². The molecule has 2 N–H and O–H groups in total. The summed E-state index contributed by atoms with van der Waals surface area (Å²) in [6.45, 7) is 3.99. The van der Waals surface area contributed by atoms with Crippen molar-refractivity contribution in [3.63, 3.8) is 0 Å². The Labute approximate surface area is 193 Å². The largest absolute Gasteiger partial charge is 0.348 e. The molecule has 1 fully saturated rings. The number of likely N-dealkylation sites (tertiary alicyclic amines) is 1. The maximum absolute atomic E-state index is 12.5. The van der Waals surface area contributed by atoms with Crippen LogP contribution in [-0.2, 0) is 29.7 Å². The molecule has 1 saturated heterocycles. The van der Waals surface area contributed by atoms with E-state index in [1.165, 1.54) is 67.1 Å². The van der Waals surface area contributed by atoms with E-state index in [1.54, 1.807) is 0 Å². The summed E-state index contributed by atoms with van der Waals surface area (Å²) in [6, 6.07) is 18.1. The summed E-state index contributed by atoms with van der Waals surface area (Å²) in [7, 11) is -3.63. The standard InChI is InChI=1S/C24H27N3O3S2/c28-24(25-16-19-5-7-20(8-6-19)18-27-13-1-2-14-27)21-9-11-23(12-10-21)32(29,30)26-17-22-4-3-15-31-22/h3-12,15,26H,1-2,13-14,16-18H2,(H,25,28). The van der Waals surface area contributed by atoms with Crippen molar-refractivity contribution in [2.45, 2.75) is 37.4 Å². The molecular weight excluding hydrogens is 442 g/mol. The summed E-state index contributed by atoms with van der Waals surface area (Å²) in [6.07, 6.45) is 2.56. The van der Waals surface area contributed by atoms with Crippen LogP contribution in [0, 0.1) is 0 Å². The molecule has 0 spiro atoms. The number of sulfonamides is 1. The maximum atomic E-state index is 12.5. The highest BCUT2D eigenvalue weighted by Gasteiger charge is 2.15. The summed E-state index contributed by atoms with van der Waals surface area (Å²) in [5.41, 5.74) is 2.74. The molecule has 0 atom stereocenters. The molecule has 4 rings (SSSR count). The molecule has 0 radical (unpaired) electrons. The Morgan fingerprint density at radius 3 is 2.25 bits per heavy atom. The molecule has 0 bridgehead atoms. The van der Waals surface area contributed by atoms with Crippen LogP contribution in [0.1, 0.15) is 39.2 Å². The van der Waals surface area contributed by atoms with E-state index in [-0.39, 0.29) is 17.3 Å². The highest BCUT2D eigenvalue weighted by Crippen LogP contribution is 2.15. The van der Waals surface area contributed by atoms with Crippen LogP contribution in [0.4, 0.5) is 0 Å². The van der Waals surface area contributed by atoms with Gasteiger partial charge in [-0.1, -0.05) is 30.3 Å². The number of nitrogens with zero attached hydrogens (tertiary/aromatic N) is 1. The van der Waals surface area contributed by atoms with Gasteiger partial charge in [-0.15, -0.1) is 11.3 Å². The van der Waals surface area contributed by atoms with E-state index in [0.717, 1.165) is 17.0 Å². The molecule has 8 heteroatoms. The lowest BCUT2D eigenvalue weighted by Crippen LogP contribution is -2.24. The van der Waals surface area contributed by atoms with E-state index in [9.17, 15) is 13.2 Å². The fraction of sp³-hybridized carbons (Fsp3) is 0.292. The number of benzene rings is 2. The zero-order valence-corrected chi connectivity index (χ0v) is 19.4. The molecule has 1 aliphatic heterocycles. The Morgan fingerprint density at radius 1 is 0.906 bits per heavy atom. The van der Waals surface area contributed by atoms with Gasteiger partial charge in [0.2, 0.25) is 10.0 Å². The third-order valence-corrected chi connectivity index (χ3v) is 7.82. The van der Waals surface area contributed by atoms with Crippen molar-refractivity contribution in [3.8, 4) is 0 Å². The summed E-state index contributed by atoms with van der Waals surface area (Å²) in [4.78, 5) is 16.0. The molecule has 1 amide bonds. The zero-order valence-electron chi connectivity index (χ0n) is 17.8. The van der Waals surface area contributed by atoms with Gasteiger partial charge in [0.25, 0.3) is 5.91 Å². The van der Waals surface area contributed by atoms with Crippen molar-refractivity contribution in [1.82, 2.24) is 14.9 Å². The van der Waals surface area contributed by atoms with Gasteiger partial charge in [0.15, 0.2) is 0 Å². The van der Waals surface area contributed by atoms with E-state index >= 15 is 0 Å².